The van der Waals surface area contributed by atoms with Crippen molar-refractivity contribution in [1.29, 1.82) is 0 Å². The summed E-state index contributed by atoms with van der Waals surface area (Å²) in [5, 5.41) is 5.91. The van der Waals surface area contributed by atoms with Gasteiger partial charge in [0.05, 0.1) is 0 Å². The van der Waals surface area contributed by atoms with E-state index in [0.717, 1.165) is 19.5 Å². The molecule has 1 aromatic rings. The van der Waals surface area contributed by atoms with Gasteiger partial charge in [-0.15, -0.1) is 12.4 Å². The van der Waals surface area contributed by atoms with Crippen molar-refractivity contribution < 1.29 is 9.18 Å². The van der Waals surface area contributed by atoms with E-state index >= 15 is 0 Å². The Kier molecular flexibility index (Phi) is 8.33. The summed E-state index contributed by atoms with van der Waals surface area (Å²) in [6.07, 6.45) is 1.07. The largest absolute Gasteiger partial charge is 0.351 e. The maximum absolute atomic E-state index is 13.2. The minimum absolute atomic E-state index is 0. The van der Waals surface area contributed by atoms with Gasteiger partial charge in [0.2, 0.25) is 0 Å². The molecule has 5 heteroatoms. The molecule has 1 amide bonds. The molecule has 18 heavy (non-hydrogen) atoms. The molecule has 0 aliphatic heterocycles. The highest BCUT2D eigenvalue weighted by atomic mass is 35.5. The topological polar surface area (TPSA) is 41.1 Å². The summed E-state index contributed by atoms with van der Waals surface area (Å²) in [4.78, 5) is 11.6. The Bertz CT molecular complexity index is 385. The molecule has 0 aliphatic carbocycles. The molecular formula is C13H20ClFN2O. The summed E-state index contributed by atoms with van der Waals surface area (Å²) >= 11 is 0. The average Bonchev–Trinajstić information content (AvgIpc) is 2.32. The van der Waals surface area contributed by atoms with Crippen molar-refractivity contribution in [3.05, 3.63) is 35.1 Å². The Balaban J connectivity index is 0.00000289. The van der Waals surface area contributed by atoms with Gasteiger partial charge < -0.3 is 10.6 Å². The van der Waals surface area contributed by atoms with Crippen molar-refractivity contribution in [3.8, 4) is 0 Å². The Morgan fingerprint density at radius 1 is 1.28 bits per heavy atom. The van der Waals surface area contributed by atoms with Gasteiger partial charge in [-0.3, -0.25) is 4.79 Å². The molecule has 0 atom stereocenters. The molecule has 0 saturated heterocycles. The predicted octanol–water partition coefficient (Wildman–Crippen LogP) is 2.29. The lowest BCUT2D eigenvalue weighted by Crippen LogP contribution is -2.32. The second-order valence-corrected chi connectivity index (χ2v) is 3.97. The van der Waals surface area contributed by atoms with Crippen LogP contribution in [-0.4, -0.2) is 25.5 Å². The minimum atomic E-state index is -0.346. The second kappa shape index (κ2) is 8.89. The number of amides is 1. The first-order chi connectivity index (χ1) is 8.15. The third kappa shape index (κ3) is 5.47. The van der Waals surface area contributed by atoms with Gasteiger partial charge in [-0.25, -0.2) is 4.39 Å². The molecule has 0 radical (unpaired) electrons. The molecule has 0 unspecified atom stereocenters. The summed E-state index contributed by atoms with van der Waals surface area (Å²) in [7, 11) is 0. The zero-order chi connectivity index (χ0) is 12.7. The molecule has 0 aromatic heterocycles. The van der Waals surface area contributed by atoms with Crippen molar-refractivity contribution in [1.82, 2.24) is 10.6 Å². The van der Waals surface area contributed by atoms with E-state index < -0.39 is 0 Å². The summed E-state index contributed by atoms with van der Waals surface area (Å²) in [5.74, 6) is -0.580. The first kappa shape index (κ1) is 16.9. The first-order valence-corrected chi connectivity index (χ1v) is 5.90. The van der Waals surface area contributed by atoms with Gasteiger partial charge in [-0.05, 0) is 37.6 Å². The smallest absolute Gasteiger partial charge is 0.251 e. The van der Waals surface area contributed by atoms with Crippen LogP contribution in [0, 0.1) is 12.7 Å². The molecular weight excluding hydrogens is 255 g/mol. The molecule has 1 aromatic carbocycles. The van der Waals surface area contributed by atoms with Crippen molar-refractivity contribution >= 4 is 18.3 Å². The van der Waals surface area contributed by atoms with Crippen molar-refractivity contribution in [2.24, 2.45) is 0 Å². The third-order valence-corrected chi connectivity index (χ3v) is 2.45. The van der Waals surface area contributed by atoms with E-state index in [1.54, 1.807) is 19.1 Å². The molecule has 0 bridgehead atoms. The third-order valence-electron chi connectivity index (χ3n) is 2.45. The number of hydrogen-bond donors (Lipinski definition) is 2. The van der Waals surface area contributed by atoms with Crippen LogP contribution in [0.5, 0.6) is 0 Å². The number of halogens is 2. The van der Waals surface area contributed by atoms with Gasteiger partial charge in [0.25, 0.3) is 5.91 Å². The van der Waals surface area contributed by atoms with E-state index in [4.69, 9.17) is 0 Å². The number of carbonyl (C=O) groups is 1. The lowest BCUT2D eigenvalue weighted by Gasteiger charge is -2.06. The van der Waals surface area contributed by atoms with Gasteiger partial charge >= 0.3 is 0 Å². The van der Waals surface area contributed by atoms with Gasteiger partial charge in [0.15, 0.2) is 0 Å². The maximum atomic E-state index is 13.2. The summed E-state index contributed by atoms with van der Waals surface area (Å²) in [6, 6.07) is 4.51. The predicted molar refractivity (Wildman–Crippen MR) is 73.9 cm³/mol. The number of hydrogen-bond acceptors (Lipinski definition) is 2. The molecule has 0 heterocycles. The zero-order valence-electron chi connectivity index (χ0n) is 10.8. The molecule has 2 N–H and O–H groups in total. The fourth-order valence-electron chi connectivity index (χ4n) is 1.40. The van der Waals surface area contributed by atoms with Crippen molar-refractivity contribution in [2.45, 2.75) is 20.3 Å². The molecule has 102 valence electrons. The van der Waals surface area contributed by atoms with Crippen LogP contribution in [0.15, 0.2) is 18.2 Å². The van der Waals surface area contributed by atoms with Crippen LogP contribution in [0.25, 0.3) is 0 Å². The monoisotopic (exact) mass is 274 g/mol. The number of aryl methyl sites for hydroxylation is 1. The molecule has 0 fully saturated rings. The second-order valence-electron chi connectivity index (χ2n) is 3.97. The number of carbonyl (C=O) groups excluding carboxylic acids is 1. The molecule has 1 rings (SSSR count). The summed E-state index contributed by atoms with van der Waals surface area (Å²) in [6.45, 7) is 5.98. The fourth-order valence-corrected chi connectivity index (χ4v) is 1.40. The average molecular weight is 275 g/mol. The van der Waals surface area contributed by atoms with Crippen LogP contribution in [0.3, 0.4) is 0 Å². The van der Waals surface area contributed by atoms with Crippen LogP contribution >= 0.6 is 12.4 Å². The van der Waals surface area contributed by atoms with E-state index in [1.165, 1.54) is 6.07 Å². The SMILES string of the molecule is CCCNCCNC(=O)c1ccc(C)c(F)c1.Cl. The Morgan fingerprint density at radius 3 is 2.61 bits per heavy atom. The van der Waals surface area contributed by atoms with E-state index in [-0.39, 0.29) is 24.1 Å². The van der Waals surface area contributed by atoms with E-state index in [9.17, 15) is 9.18 Å². The highest BCUT2D eigenvalue weighted by Gasteiger charge is 2.06. The van der Waals surface area contributed by atoms with Gasteiger partial charge in [-0.1, -0.05) is 13.0 Å². The summed E-state index contributed by atoms with van der Waals surface area (Å²) < 4.78 is 13.2. The number of rotatable bonds is 6. The fraction of sp³-hybridized carbons (Fsp3) is 0.462. The van der Waals surface area contributed by atoms with Crippen LogP contribution in [-0.2, 0) is 0 Å². The molecule has 3 nitrogen and oxygen atoms in total. The Labute approximate surface area is 114 Å². The van der Waals surface area contributed by atoms with E-state index in [0.29, 0.717) is 17.7 Å². The zero-order valence-corrected chi connectivity index (χ0v) is 11.6. The van der Waals surface area contributed by atoms with Crippen LogP contribution in [0.4, 0.5) is 4.39 Å². The molecule has 0 spiro atoms. The van der Waals surface area contributed by atoms with Crippen molar-refractivity contribution in [2.75, 3.05) is 19.6 Å². The normalized spacial score (nSPS) is 9.72. The Hall–Kier alpha value is -1.13. The lowest BCUT2D eigenvalue weighted by atomic mass is 10.1. The van der Waals surface area contributed by atoms with Crippen LogP contribution in [0.1, 0.15) is 29.3 Å². The number of benzene rings is 1. The molecule has 0 aliphatic rings. The van der Waals surface area contributed by atoms with Gasteiger partial charge in [-0.2, -0.15) is 0 Å². The van der Waals surface area contributed by atoms with Crippen LogP contribution < -0.4 is 10.6 Å². The first-order valence-electron chi connectivity index (χ1n) is 5.90. The van der Waals surface area contributed by atoms with Crippen LogP contribution in [0.2, 0.25) is 0 Å². The minimum Gasteiger partial charge on any atom is -0.351 e. The van der Waals surface area contributed by atoms with Gasteiger partial charge in [0, 0.05) is 18.7 Å². The lowest BCUT2D eigenvalue weighted by molar-refractivity contribution is 0.0953. The number of nitrogens with one attached hydrogen (secondary N) is 2. The van der Waals surface area contributed by atoms with E-state index in [1.807, 2.05) is 0 Å². The highest BCUT2D eigenvalue weighted by Crippen LogP contribution is 2.08. The van der Waals surface area contributed by atoms with Gasteiger partial charge in [0.1, 0.15) is 5.82 Å². The summed E-state index contributed by atoms with van der Waals surface area (Å²) in [5.41, 5.74) is 0.912. The molecule has 0 saturated carbocycles. The van der Waals surface area contributed by atoms with E-state index in [2.05, 4.69) is 17.6 Å². The standard InChI is InChI=1S/C13H19FN2O.ClH/c1-3-6-15-7-8-16-13(17)11-5-4-10(2)12(14)9-11;/h4-5,9,15H,3,6-8H2,1-2H3,(H,16,17);1H. The quantitative estimate of drug-likeness (QED) is 0.782. The Morgan fingerprint density at radius 2 is 2.00 bits per heavy atom. The van der Waals surface area contributed by atoms with Crippen molar-refractivity contribution in [3.63, 3.8) is 0 Å². The maximum Gasteiger partial charge on any atom is 0.251 e. The highest BCUT2D eigenvalue weighted by molar-refractivity contribution is 5.94.